The standard InChI is InChI=1S/C26H25FO4/c1-2-30-26(29)17-23(14-15-28)22-12-13-25(24(27)16-22)31-18-19-8-10-21(11-9-19)20-6-4-3-5-7-20/h3-13,15-16,23H,2,14,17-18H2,1H3. The first-order valence-electron chi connectivity index (χ1n) is 10.3. The first-order chi connectivity index (χ1) is 15.1. The molecule has 3 aromatic carbocycles. The Morgan fingerprint density at radius 2 is 1.71 bits per heavy atom. The third-order valence-corrected chi connectivity index (χ3v) is 4.98. The Hall–Kier alpha value is -3.47. The summed E-state index contributed by atoms with van der Waals surface area (Å²) in [5.74, 6) is -1.24. The molecule has 31 heavy (non-hydrogen) atoms. The van der Waals surface area contributed by atoms with Crippen molar-refractivity contribution >= 4 is 12.3 Å². The molecule has 0 bridgehead atoms. The number of rotatable bonds is 10. The number of halogens is 1. The molecule has 0 heterocycles. The minimum Gasteiger partial charge on any atom is -0.486 e. The van der Waals surface area contributed by atoms with E-state index in [2.05, 4.69) is 0 Å². The zero-order valence-electron chi connectivity index (χ0n) is 17.4. The highest BCUT2D eigenvalue weighted by molar-refractivity contribution is 5.71. The van der Waals surface area contributed by atoms with Crippen molar-refractivity contribution in [3.05, 3.63) is 89.7 Å². The highest BCUT2D eigenvalue weighted by atomic mass is 19.1. The van der Waals surface area contributed by atoms with Crippen molar-refractivity contribution in [3.63, 3.8) is 0 Å². The Kier molecular flexibility index (Phi) is 7.93. The minimum atomic E-state index is -0.529. The predicted molar refractivity (Wildman–Crippen MR) is 117 cm³/mol. The molecule has 0 saturated carbocycles. The number of hydrogen-bond acceptors (Lipinski definition) is 4. The van der Waals surface area contributed by atoms with Gasteiger partial charge in [-0.3, -0.25) is 4.79 Å². The van der Waals surface area contributed by atoms with E-state index in [-0.39, 0.29) is 31.8 Å². The number of hydrogen-bond donors (Lipinski definition) is 0. The van der Waals surface area contributed by atoms with Gasteiger partial charge >= 0.3 is 5.97 Å². The van der Waals surface area contributed by atoms with E-state index in [1.165, 1.54) is 12.1 Å². The fourth-order valence-electron chi connectivity index (χ4n) is 3.35. The van der Waals surface area contributed by atoms with Crippen molar-refractivity contribution in [1.29, 1.82) is 0 Å². The van der Waals surface area contributed by atoms with E-state index in [9.17, 15) is 14.0 Å². The van der Waals surface area contributed by atoms with Crippen LogP contribution < -0.4 is 4.74 Å². The summed E-state index contributed by atoms with van der Waals surface area (Å²) in [4.78, 5) is 22.8. The lowest BCUT2D eigenvalue weighted by atomic mass is 9.93. The Morgan fingerprint density at radius 3 is 2.35 bits per heavy atom. The molecule has 4 nitrogen and oxygen atoms in total. The Labute approximate surface area is 181 Å². The smallest absolute Gasteiger partial charge is 0.306 e. The van der Waals surface area contributed by atoms with Crippen molar-refractivity contribution in [2.75, 3.05) is 6.61 Å². The van der Waals surface area contributed by atoms with Crippen molar-refractivity contribution in [1.82, 2.24) is 0 Å². The largest absolute Gasteiger partial charge is 0.486 e. The zero-order valence-corrected chi connectivity index (χ0v) is 17.4. The lowest BCUT2D eigenvalue weighted by molar-refractivity contribution is -0.143. The van der Waals surface area contributed by atoms with Crippen LogP contribution in [0, 0.1) is 5.82 Å². The second kappa shape index (κ2) is 11.1. The summed E-state index contributed by atoms with van der Waals surface area (Å²) >= 11 is 0. The molecule has 160 valence electrons. The average Bonchev–Trinajstić information content (AvgIpc) is 2.79. The molecule has 5 heteroatoms. The quantitative estimate of drug-likeness (QED) is 0.312. The van der Waals surface area contributed by atoms with Crippen LogP contribution in [0.3, 0.4) is 0 Å². The molecule has 0 radical (unpaired) electrons. The van der Waals surface area contributed by atoms with Crippen LogP contribution in [0.25, 0.3) is 11.1 Å². The maximum atomic E-state index is 14.6. The number of carbonyl (C=O) groups is 2. The van der Waals surface area contributed by atoms with Gasteiger partial charge in [-0.1, -0.05) is 60.7 Å². The number of ether oxygens (including phenoxy) is 2. The van der Waals surface area contributed by atoms with Crippen LogP contribution in [0.5, 0.6) is 5.75 Å². The fraction of sp³-hybridized carbons (Fsp3) is 0.231. The molecule has 0 fully saturated rings. The molecule has 0 saturated heterocycles. The molecule has 0 N–H and O–H groups in total. The van der Waals surface area contributed by atoms with E-state index in [1.807, 2.05) is 54.6 Å². The zero-order chi connectivity index (χ0) is 22.1. The molecule has 0 aromatic heterocycles. The normalized spacial score (nSPS) is 11.5. The molecule has 3 rings (SSSR count). The van der Waals surface area contributed by atoms with E-state index in [0.29, 0.717) is 5.56 Å². The molecule has 3 aromatic rings. The van der Waals surface area contributed by atoms with E-state index in [1.54, 1.807) is 13.0 Å². The lowest BCUT2D eigenvalue weighted by Gasteiger charge is -2.15. The molecule has 1 unspecified atom stereocenters. The van der Waals surface area contributed by atoms with Gasteiger partial charge in [0.2, 0.25) is 0 Å². The van der Waals surface area contributed by atoms with Crippen molar-refractivity contribution in [2.45, 2.75) is 32.3 Å². The van der Waals surface area contributed by atoms with Gasteiger partial charge in [0, 0.05) is 12.3 Å². The van der Waals surface area contributed by atoms with Gasteiger partial charge < -0.3 is 14.3 Å². The summed E-state index contributed by atoms with van der Waals surface area (Å²) in [6, 6.07) is 22.5. The van der Waals surface area contributed by atoms with Crippen LogP contribution in [0.2, 0.25) is 0 Å². The van der Waals surface area contributed by atoms with E-state index < -0.39 is 17.7 Å². The number of aldehydes is 1. The Morgan fingerprint density at radius 1 is 1.00 bits per heavy atom. The summed E-state index contributed by atoms with van der Waals surface area (Å²) in [5.41, 5.74) is 3.72. The van der Waals surface area contributed by atoms with Crippen LogP contribution in [0.15, 0.2) is 72.8 Å². The SMILES string of the molecule is CCOC(=O)CC(CC=O)c1ccc(OCc2ccc(-c3ccccc3)cc2)c(F)c1. The molecule has 0 aliphatic rings. The van der Waals surface area contributed by atoms with Crippen LogP contribution in [0.1, 0.15) is 36.8 Å². The lowest BCUT2D eigenvalue weighted by Crippen LogP contribution is -2.11. The molecule has 0 aliphatic carbocycles. The Bertz CT molecular complexity index is 1000. The fourth-order valence-corrected chi connectivity index (χ4v) is 3.35. The summed E-state index contributed by atoms with van der Waals surface area (Å²) < 4.78 is 25.2. The monoisotopic (exact) mass is 420 g/mol. The van der Waals surface area contributed by atoms with Crippen LogP contribution in [-0.4, -0.2) is 18.9 Å². The second-order valence-corrected chi connectivity index (χ2v) is 7.15. The maximum Gasteiger partial charge on any atom is 0.306 e. The molecule has 0 aliphatic heterocycles. The number of carbonyl (C=O) groups excluding carboxylic acids is 2. The topological polar surface area (TPSA) is 52.6 Å². The molecule has 0 spiro atoms. The van der Waals surface area contributed by atoms with Crippen LogP contribution in [0.4, 0.5) is 4.39 Å². The van der Waals surface area contributed by atoms with Gasteiger partial charge in [0.1, 0.15) is 12.9 Å². The number of esters is 1. The first kappa shape index (κ1) is 22.2. The Balaban J connectivity index is 1.64. The van der Waals surface area contributed by atoms with Gasteiger partial charge in [-0.05, 0) is 41.3 Å². The predicted octanol–water partition coefficient (Wildman–Crippen LogP) is 5.70. The summed E-state index contributed by atoms with van der Waals surface area (Å²) in [5, 5.41) is 0. The third-order valence-electron chi connectivity index (χ3n) is 4.98. The van der Waals surface area contributed by atoms with Crippen molar-refractivity contribution < 1.29 is 23.5 Å². The van der Waals surface area contributed by atoms with Crippen LogP contribution >= 0.6 is 0 Å². The highest BCUT2D eigenvalue weighted by Gasteiger charge is 2.18. The first-order valence-corrected chi connectivity index (χ1v) is 10.3. The van der Waals surface area contributed by atoms with Gasteiger partial charge in [-0.15, -0.1) is 0 Å². The number of benzene rings is 3. The molecular formula is C26H25FO4. The van der Waals surface area contributed by atoms with E-state index in [4.69, 9.17) is 9.47 Å². The van der Waals surface area contributed by atoms with Gasteiger partial charge in [-0.2, -0.15) is 0 Å². The van der Waals surface area contributed by atoms with Gasteiger partial charge in [0.05, 0.1) is 13.0 Å². The third kappa shape index (κ3) is 6.25. The molecule has 0 amide bonds. The van der Waals surface area contributed by atoms with Gasteiger partial charge in [0.25, 0.3) is 0 Å². The highest BCUT2D eigenvalue weighted by Crippen LogP contribution is 2.28. The summed E-state index contributed by atoms with van der Waals surface area (Å²) in [6.45, 7) is 2.21. The minimum absolute atomic E-state index is 0.0278. The van der Waals surface area contributed by atoms with E-state index in [0.717, 1.165) is 23.0 Å². The van der Waals surface area contributed by atoms with Crippen molar-refractivity contribution in [3.8, 4) is 16.9 Å². The summed E-state index contributed by atoms with van der Waals surface area (Å²) in [7, 11) is 0. The van der Waals surface area contributed by atoms with Crippen molar-refractivity contribution in [2.24, 2.45) is 0 Å². The maximum absolute atomic E-state index is 14.6. The second-order valence-electron chi connectivity index (χ2n) is 7.15. The molecule has 1 atom stereocenters. The van der Waals surface area contributed by atoms with Gasteiger partial charge in [0.15, 0.2) is 11.6 Å². The van der Waals surface area contributed by atoms with Gasteiger partial charge in [-0.25, -0.2) is 4.39 Å². The van der Waals surface area contributed by atoms with E-state index >= 15 is 0 Å². The average molecular weight is 420 g/mol. The summed E-state index contributed by atoms with van der Waals surface area (Å²) in [6.07, 6.45) is 0.873. The molecular weight excluding hydrogens is 395 g/mol. The van der Waals surface area contributed by atoms with Crippen LogP contribution in [-0.2, 0) is 20.9 Å².